The molecule has 0 aliphatic carbocycles. The maximum Gasteiger partial charge on any atom is 0.232 e. The number of likely N-dealkylation sites (N-methyl/N-ethyl adjacent to an activating group) is 1. The van der Waals surface area contributed by atoms with Crippen molar-refractivity contribution in [3.05, 3.63) is 66.0 Å². The molecule has 0 saturated carbocycles. The van der Waals surface area contributed by atoms with Crippen molar-refractivity contribution in [2.45, 2.75) is 12.5 Å². The summed E-state index contributed by atoms with van der Waals surface area (Å²) in [4.78, 5) is 18.1. The first-order valence-electron chi connectivity index (χ1n) is 6.52. The van der Waals surface area contributed by atoms with Crippen molar-refractivity contribution < 1.29 is 9.90 Å². The fraction of sp³-hybridized carbons (Fsp3) is 0.250. The van der Waals surface area contributed by atoms with E-state index in [0.29, 0.717) is 6.54 Å². The Morgan fingerprint density at radius 2 is 2.00 bits per heavy atom. The van der Waals surface area contributed by atoms with E-state index >= 15 is 0 Å². The van der Waals surface area contributed by atoms with E-state index in [1.807, 2.05) is 42.5 Å². The maximum absolute atomic E-state index is 12.4. The number of aliphatic hydroxyl groups is 1. The molecule has 1 heterocycles. The van der Waals surface area contributed by atoms with E-state index in [9.17, 15) is 9.90 Å². The van der Waals surface area contributed by atoms with Crippen molar-refractivity contribution in [3.8, 4) is 0 Å². The van der Waals surface area contributed by atoms with Crippen LogP contribution in [0, 0.1) is 0 Å². The van der Waals surface area contributed by atoms with Crippen molar-refractivity contribution in [1.82, 2.24) is 9.88 Å². The van der Waals surface area contributed by atoms with Gasteiger partial charge in [0.15, 0.2) is 0 Å². The van der Waals surface area contributed by atoms with E-state index in [4.69, 9.17) is 0 Å². The molecule has 2 rings (SSSR count). The lowest BCUT2D eigenvalue weighted by Crippen LogP contribution is -2.33. The molecule has 2 aromatic rings. The average molecular weight is 270 g/mol. The summed E-state index contributed by atoms with van der Waals surface area (Å²) in [6.07, 6.45) is 3.44. The minimum atomic E-state index is -0.516. The first-order chi connectivity index (χ1) is 9.72. The van der Waals surface area contributed by atoms with Crippen molar-refractivity contribution in [2.75, 3.05) is 13.7 Å². The van der Waals surface area contributed by atoms with Crippen LogP contribution in [-0.2, 0) is 11.3 Å². The van der Waals surface area contributed by atoms with Gasteiger partial charge in [-0.1, -0.05) is 36.4 Å². The molecule has 0 bridgehead atoms. The molecule has 1 atom stereocenters. The number of carbonyl (C=O) groups excluding carboxylic acids is 1. The molecule has 0 aliphatic rings. The van der Waals surface area contributed by atoms with Gasteiger partial charge in [-0.15, -0.1) is 0 Å². The third-order valence-corrected chi connectivity index (χ3v) is 3.20. The Bertz CT molecular complexity index is 543. The Balaban J connectivity index is 2.09. The zero-order valence-corrected chi connectivity index (χ0v) is 11.4. The number of rotatable bonds is 5. The highest BCUT2D eigenvalue weighted by atomic mass is 16.3. The molecule has 0 radical (unpaired) electrons. The summed E-state index contributed by atoms with van der Waals surface area (Å²) in [5, 5.41) is 9.51. The van der Waals surface area contributed by atoms with Crippen molar-refractivity contribution in [2.24, 2.45) is 0 Å². The molecular weight excluding hydrogens is 252 g/mol. The van der Waals surface area contributed by atoms with Gasteiger partial charge in [0.25, 0.3) is 0 Å². The molecule has 4 heteroatoms. The number of benzene rings is 1. The summed E-state index contributed by atoms with van der Waals surface area (Å²) in [6, 6.07) is 13.1. The number of aromatic nitrogens is 1. The largest absolute Gasteiger partial charge is 0.395 e. The predicted octanol–water partition coefficient (Wildman–Crippen LogP) is 1.82. The molecule has 0 aliphatic heterocycles. The van der Waals surface area contributed by atoms with E-state index < -0.39 is 5.92 Å². The standard InChI is InChI=1S/C16H18N2O2/c1-18(11-13-6-5-9-17-10-13)16(20)15(12-19)14-7-3-2-4-8-14/h2-10,15,19H,11-12H2,1H3/t15-/m0/s1. The van der Waals surface area contributed by atoms with Gasteiger partial charge in [-0.3, -0.25) is 9.78 Å². The minimum absolute atomic E-state index is 0.0949. The summed E-state index contributed by atoms with van der Waals surface area (Å²) in [5.74, 6) is -0.611. The molecule has 104 valence electrons. The van der Waals surface area contributed by atoms with Crippen LogP contribution in [0.15, 0.2) is 54.9 Å². The van der Waals surface area contributed by atoms with Crippen molar-refractivity contribution in [3.63, 3.8) is 0 Å². The van der Waals surface area contributed by atoms with Gasteiger partial charge in [-0.05, 0) is 17.2 Å². The Labute approximate surface area is 118 Å². The second-order valence-corrected chi connectivity index (χ2v) is 4.70. The van der Waals surface area contributed by atoms with Crippen LogP contribution in [0.25, 0.3) is 0 Å². The zero-order chi connectivity index (χ0) is 14.4. The van der Waals surface area contributed by atoms with Crippen molar-refractivity contribution in [1.29, 1.82) is 0 Å². The fourth-order valence-corrected chi connectivity index (χ4v) is 2.12. The molecule has 20 heavy (non-hydrogen) atoms. The van der Waals surface area contributed by atoms with Gasteiger partial charge in [-0.25, -0.2) is 0 Å². The smallest absolute Gasteiger partial charge is 0.232 e. The van der Waals surface area contributed by atoms with Crippen LogP contribution in [0.2, 0.25) is 0 Å². The van der Waals surface area contributed by atoms with E-state index in [0.717, 1.165) is 11.1 Å². The van der Waals surface area contributed by atoms with Crippen LogP contribution >= 0.6 is 0 Å². The molecule has 4 nitrogen and oxygen atoms in total. The summed E-state index contributed by atoms with van der Waals surface area (Å²) in [6.45, 7) is 0.288. The first-order valence-corrected chi connectivity index (χ1v) is 6.52. The number of hydrogen-bond donors (Lipinski definition) is 1. The molecule has 0 unspecified atom stereocenters. The van der Waals surface area contributed by atoms with E-state index in [1.54, 1.807) is 24.3 Å². The third kappa shape index (κ3) is 3.42. The van der Waals surface area contributed by atoms with Crippen LogP contribution in [-0.4, -0.2) is 34.6 Å². The highest BCUT2D eigenvalue weighted by Crippen LogP contribution is 2.18. The van der Waals surface area contributed by atoms with Crippen LogP contribution in [0.4, 0.5) is 0 Å². The molecular formula is C16H18N2O2. The average Bonchev–Trinajstić information content (AvgIpc) is 2.50. The Hall–Kier alpha value is -2.20. The number of aliphatic hydroxyl groups excluding tert-OH is 1. The summed E-state index contributed by atoms with van der Waals surface area (Å²) >= 11 is 0. The summed E-state index contributed by atoms with van der Waals surface area (Å²) in [7, 11) is 1.74. The van der Waals surface area contributed by atoms with Gasteiger partial charge in [0.1, 0.15) is 0 Å². The van der Waals surface area contributed by atoms with Crippen LogP contribution in [0.5, 0.6) is 0 Å². The van der Waals surface area contributed by atoms with Gasteiger partial charge < -0.3 is 10.0 Å². The lowest BCUT2D eigenvalue weighted by molar-refractivity contribution is -0.133. The third-order valence-electron chi connectivity index (χ3n) is 3.20. The highest BCUT2D eigenvalue weighted by Gasteiger charge is 2.23. The molecule has 1 amide bonds. The minimum Gasteiger partial charge on any atom is -0.395 e. The maximum atomic E-state index is 12.4. The van der Waals surface area contributed by atoms with Gasteiger partial charge in [0, 0.05) is 26.0 Å². The first kappa shape index (κ1) is 14.2. The van der Waals surface area contributed by atoms with Crippen LogP contribution < -0.4 is 0 Å². The molecule has 0 spiro atoms. The van der Waals surface area contributed by atoms with E-state index in [2.05, 4.69) is 4.98 Å². The predicted molar refractivity (Wildman–Crippen MR) is 77.0 cm³/mol. The van der Waals surface area contributed by atoms with Gasteiger partial charge >= 0.3 is 0 Å². The lowest BCUT2D eigenvalue weighted by atomic mass is 9.98. The van der Waals surface area contributed by atoms with Gasteiger partial charge in [-0.2, -0.15) is 0 Å². The normalized spacial score (nSPS) is 11.9. The van der Waals surface area contributed by atoms with Gasteiger partial charge in [0.05, 0.1) is 12.5 Å². The zero-order valence-electron chi connectivity index (χ0n) is 11.4. The molecule has 0 fully saturated rings. The number of nitrogens with zero attached hydrogens (tertiary/aromatic N) is 2. The lowest BCUT2D eigenvalue weighted by Gasteiger charge is -2.22. The second-order valence-electron chi connectivity index (χ2n) is 4.70. The van der Waals surface area contributed by atoms with E-state index in [1.165, 1.54) is 0 Å². The molecule has 1 aromatic carbocycles. The summed E-state index contributed by atoms with van der Waals surface area (Å²) < 4.78 is 0. The van der Waals surface area contributed by atoms with E-state index in [-0.39, 0.29) is 12.5 Å². The van der Waals surface area contributed by atoms with Crippen LogP contribution in [0.3, 0.4) is 0 Å². The monoisotopic (exact) mass is 270 g/mol. The Morgan fingerprint density at radius 1 is 1.25 bits per heavy atom. The number of pyridine rings is 1. The molecule has 1 N–H and O–H groups in total. The Kier molecular flexibility index (Phi) is 4.85. The number of hydrogen-bond acceptors (Lipinski definition) is 3. The number of carbonyl (C=O) groups is 1. The molecule has 1 aromatic heterocycles. The van der Waals surface area contributed by atoms with Crippen LogP contribution in [0.1, 0.15) is 17.0 Å². The van der Waals surface area contributed by atoms with Gasteiger partial charge in [0.2, 0.25) is 5.91 Å². The number of amides is 1. The fourth-order valence-electron chi connectivity index (χ4n) is 2.12. The highest BCUT2D eigenvalue weighted by molar-refractivity contribution is 5.83. The SMILES string of the molecule is CN(Cc1cccnc1)C(=O)[C@@H](CO)c1ccccc1. The molecule has 0 saturated heterocycles. The van der Waals surface area contributed by atoms with Crippen molar-refractivity contribution >= 4 is 5.91 Å². The topological polar surface area (TPSA) is 53.4 Å². The quantitative estimate of drug-likeness (QED) is 0.901. The Morgan fingerprint density at radius 3 is 2.60 bits per heavy atom. The summed E-state index contributed by atoms with van der Waals surface area (Å²) in [5.41, 5.74) is 1.80. The second kappa shape index (κ2) is 6.82.